The Morgan fingerprint density at radius 3 is 3.08 bits per heavy atom. The number of methoxy groups -OCH3 is 1. The lowest BCUT2D eigenvalue weighted by molar-refractivity contribution is 0.416. The van der Waals surface area contributed by atoms with Gasteiger partial charge in [-0.15, -0.1) is 0 Å². The van der Waals surface area contributed by atoms with E-state index in [1.807, 2.05) is 0 Å². The highest BCUT2D eigenvalue weighted by Crippen LogP contribution is 2.36. The van der Waals surface area contributed by atoms with Crippen molar-refractivity contribution in [2.45, 2.75) is 0 Å². The van der Waals surface area contributed by atoms with Crippen LogP contribution in [0.2, 0.25) is 5.02 Å². The second-order valence-corrected chi connectivity index (χ2v) is 3.79. The Morgan fingerprint density at radius 1 is 1.62 bits per heavy atom. The number of nitrogens with zero attached hydrogens (tertiary/aromatic N) is 1. The summed E-state index contributed by atoms with van der Waals surface area (Å²) in [7, 11) is 1.61. The second kappa shape index (κ2) is 3.20. The monoisotopic (exact) mass is 260 g/mol. The molecule has 0 radical (unpaired) electrons. The second-order valence-electron chi connectivity index (χ2n) is 2.53. The molecule has 0 saturated heterocycles. The minimum atomic E-state index is 0.649. The number of halogens is 2. The lowest BCUT2D eigenvalue weighted by Gasteiger charge is -2.04. The van der Waals surface area contributed by atoms with Crippen molar-refractivity contribution in [2.75, 3.05) is 7.11 Å². The molecule has 1 aromatic carbocycles. The first-order valence-electron chi connectivity index (χ1n) is 3.59. The van der Waals surface area contributed by atoms with E-state index in [4.69, 9.17) is 16.3 Å². The van der Waals surface area contributed by atoms with Gasteiger partial charge in [0.1, 0.15) is 5.52 Å². The Labute approximate surface area is 88.2 Å². The van der Waals surface area contributed by atoms with Gasteiger partial charge in [-0.3, -0.25) is 5.10 Å². The Morgan fingerprint density at radius 2 is 2.38 bits per heavy atom. The van der Waals surface area contributed by atoms with E-state index in [1.54, 1.807) is 19.4 Å². The predicted molar refractivity (Wildman–Crippen MR) is 55.4 cm³/mol. The molecule has 0 aliphatic carbocycles. The molecule has 0 amide bonds. The van der Waals surface area contributed by atoms with Crippen molar-refractivity contribution < 1.29 is 4.74 Å². The average molecular weight is 262 g/mol. The van der Waals surface area contributed by atoms with Crippen LogP contribution in [-0.4, -0.2) is 17.3 Å². The van der Waals surface area contributed by atoms with Crippen LogP contribution >= 0.6 is 27.5 Å². The third-order valence-electron chi connectivity index (χ3n) is 1.80. The SMILES string of the molecule is COc1c(Br)cc(Cl)c2cn[nH]c12. The highest BCUT2D eigenvalue weighted by Gasteiger charge is 2.11. The van der Waals surface area contributed by atoms with E-state index in [1.165, 1.54) is 0 Å². The lowest BCUT2D eigenvalue weighted by Crippen LogP contribution is -1.86. The molecular weight excluding hydrogens is 255 g/mol. The van der Waals surface area contributed by atoms with Crippen LogP contribution in [0.4, 0.5) is 0 Å². The molecule has 0 fully saturated rings. The van der Waals surface area contributed by atoms with Crippen LogP contribution in [0, 0.1) is 0 Å². The summed E-state index contributed by atoms with van der Waals surface area (Å²) in [6.45, 7) is 0. The Hall–Kier alpha value is -0.740. The van der Waals surface area contributed by atoms with Crippen LogP contribution in [-0.2, 0) is 0 Å². The number of fused-ring (bicyclic) bond motifs is 1. The van der Waals surface area contributed by atoms with Gasteiger partial charge in [-0.2, -0.15) is 5.10 Å². The Bertz CT molecular complexity index is 455. The first-order chi connectivity index (χ1) is 6.24. The molecule has 13 heavy (non-hydrogen) atoms. The van der Waals surface area contributed by atoms with Crippen LogP contribution in [0.1, 0.15) is 0 Å². The summed E-state index contributed by atoms with van der Waals surface area (Å²) in [6, 6.07) is 1.79. The molecule has 2 rings (SSSR count). The van der Waals surface area contributed by atoms with Gasteiger partial charge >= 0.3 is 0 Å². The maximum absolute atomic E-state index is 5.99. The summed E-state index contributed by atoms with van der Waals surface area (Å²) >= 11 is 9.34. The third-order valence-corrected chi connectivity index (χ3v) is 2.70. The Kier molecular flexibility index (Phi) is 2.17. The fraction of sp³-hybridized carbons (Fsp3) is 0.125. The first-order valence-corrected chi connectivity index (χ1v) is 4.76. The predicted octanol–water partition coefficient (Wildman–Crippen LogP) is 2.99. The number of hydrogen-bond acceptors (Lipinski definition) is 2. The Balaban J connectivity index is 2.88. The summed E-state index contributed by atoms with van der Waals surface area (Å²) in [5.74, 6) is 0.719. The van der Waals surface area contributed by atoms with E-state index in [0.717, 1.165) is 21.1 Å². The van der Waals surface area contributed by atoms with Gasteiger partial charge in [0.15, 0.2) is 5.75 Å². The molecule has 0 bridgehead atoms. The zero-order chi connectivity index (χ0) is 9.42. The van der Waals surface area contributed by atoms with Crippen LogP contribution in [0.5, 0.6) is 5.75 Å². The van der Waals surface area contributed by atoms with E-state index in [9.17, 15) is 0 Å². The smallest absolute Gasteiger partial charge is 0.158 e. The zero-order valence-corrected chi connectivity index (χ0v) is 9.11. The van der Waals surface area contributed by atoms with Gasteiger partial charge in [-0.1, -0.05) is 11.6 Å². The van der Waals surface area contributed by atoms with Gasteiger partial charge < -0.3 is 4.74 Å². The number of nitrogens with one attached hydrogen (secondary N) is 1. The van der Waals surface area contributed by atoms with Crippen molar-refractivity contribution in [3.8, 4) is 5.75 Å². The molecule has 0 atom stereocenters. The molecule has 0 unspecified atom stereocenters. The number of aromatic amines is 1. The highest BCUT2D eigenvalue weighted by molar-refractivity contribution is 9.10. The van der Waals surface area contributed by atoms with Crippen molar-refractivity contribution in [3.63, 3.8) is 0 Å². The molecule has 1 aromatic heterocycles. The van der Waals surface area contributed by atoms with Gasteiger partial charge in [0, 0.05) is 5.39 Å². The minimum absolute atomic E-state index is 0.649. The van der Waals surface area contributed by atoms with Gasteiger partial charge in [0.25, 0.3) is 0 Å². The normalized spacial score (nSPS) is 10.7. The number of H-pyrrole nitrogens is 1. The number of benzene rings is 1. The van der Waals surface area contributed by atoms with Crippen LogP contribution in [0.3, 0.4) is 0 Å². The lowest BCUT2D eigenvalue weighted by atomic mass is 10.2. The van der Waals surface area contributed by atoms with Crippen molar-refractivity contribution in [2.24, 2.45) is 0 Å². The number of hydrogen-bond donors (Lipinski definition) is 1. The fourth-order valence-electron chi connectivity index (χ4n) is 1.21. The van der Waals surface area contributed by atoms with E-state index in [0.29, 0.717) is 5.02 Å². The maximum atomic E-state index is 5.99. The van der Waals surface area contributed by atoms with Crippen molar-refractivity contribution in [3.05, 3.63) is 21.8 Å². The summed E-state index contributed by atoms with van der Waals surface area (Å²) in [6.07, 6.45) is 1.67. The van der Waals surface area contributed by atoms with E-state index in [-0.39, 0.29) is 0 Å². The molecule has 1 heterocycles. The fourth-order valence-corrected chi connectivity index (χ4v) is 2.19. The molecule has 5 heteroatoms. The third kappa shape index (κ3) is 1.30. The average Bonchev–Trinajstić information content (AvgIpc) is 2.53. The molecule has 1 N–H and O–H groups in total. The van der Waals surface area contributed by atoms with Gasteiger partial charge in [0.2, 0.25) is 0 Å². The summed E-state index contributed by atoms with van der Waals surface area (Å²) in [5, 5.41) is 8.25. The highest BCUT2D eigenvalue weighted by atomic mass is 79.9. The van der Waals surface area contributed by atoms with Gasteiger partial charge in [0.05, 0.1) is 22.8 Å². The number of aromatic nitrogens is 2. The largest absolute Gasteiger partial charge is 0.493 e. The number of ether oxygens (including phenoxy) is 1. The van der Waals surface area contributed by atoms with Crippen molar-refractivity contribution >= 4 is 38.4 Å². The van der Waals surface area contributed by atoms with Crippen LogP contribution < -0.4 is 4.74 Å². The molecule has 3 nitrogen and oxygen atoms in total. The van der Waals surface area contributed by atoms with Crippen molar-refractivity contribution in [1.29, 1.82) is 0 Å². The van der Waals surface area contributed by atoms with Crippen LogP contribution in [0.15, 0.2) is 16.7 Å². The first kappa shape index (κ1) is 8.84. The topological polar surface area (TPSA) is 37.9 Å². The molecule has 68 valence electrons. The quantitative estimate of drug-likeness (QED) is 0.857. The van der Waals surface area contributed by atoms with Crippen LogP contribution in [0.25, 0.3) is 10.9 Å². The zero-order valence-electron chi connectivity index (χ0n) is 6.77. The van der Waals surface area contributed by atoms with E-state index < -0.39 is 0 Å². The molecular formula is C8H6BrClN2O. The number of rotatable bonds is 1. The van der Waals surface area contributed by atoms with E-state index in [2.05, 4.69) is 26.1 Å². The minimum Gasteiger partial charge on any atom is -0.493 e. The summed E-state index contributed by atoms with van der Waals surface area (Å²) in [4.78, 5) is 0. The molecule has 0 aliphatic rings. The van der Waals surface area contributed by atoms with Crippen molar-refractivity contribution in [1.82, 2.24) is 10.2 Å². The molecule has 0 saturated carbocycles. The molecule has 2 aromatic rings. The van der Waals surface area contributed by atoms with Gasteiger partial charge in [-0.25, -0.2) is 0 Å². The standard InChI is InChI=1S/C8H6BrClN2O/c1-13-8-5(9)2-6(10)4-3-11-12-7(4)8/h2-3H,1H3,(H,11,12). The maximum Gasteiger partial charge on any atom is 0.158 e. The summed E-state index contributed by atoms with van der Waals surface area (Å²) in [5.41, 5.74) is 0.807. The summed E-state index contributed by atoms with van der Waals surface area (Å²) < 4.78 is 6.01. The molecule has 0 spiro atoms. The molecule has 0 aliphatic heterocycles. The van der Waals surface area contributed by atoms with E-state index >= 15 is 0 Å². The van der Waals surface area contributed by atoms with Gasteiger partial charge in [-0.05, 0) is 22.0 Å².